The van der Waals surface area contributed by atoms with Gasteiger partial charge in [-0.2, -0.15) is 0 Å². The van der Waals surface area contributed by atoms with Crippen molar-refractivity contribution >= 4 is 17.6 Å². The molecule has 0 radical (unpaired) electrons. The smallest absolute Gasteiger partial charge is 0.341 e. The predicted molar refractivity (Wildman–Crippen MR) is 75.6 cm³/mol. The van der Waals surface area contributed by atoms with Gasteiger partial charge in [0, 0.05) is 11.8 Å². The molecular weight excluding hydrogens is 260 g/mol. The van der Waals surface area contributed by atoms with Crippen molar-refractivity contribution in [2.45, 2.75) is 26.3 Å². The molecular formula is C14H20N2O4. The molecule has 0 unspecified atom stereocenters. The summed E-state index contributed by atoms with van der Waals surface area (Å²) < 4.78 is 5.03. The molecule has 1 aromatic rings. The van der Waals surface area contributed by atoms with Crippen LogP contribution in [0.25, 0.3) is 0 Å². The summed E-state index contributed by atoms with van der Waals surface area (Å²) in [4.78, 5) is 22.3. The largest absolute Gasteiger partial charge is 0.482 e. The lowest BCUT2D eigenvalue weighted by atomic mass is 10.0. The maximum atomic E-state index is 11.9. The molecule has 0 saturated heterocycles. The molecule has 1 aromatic carbocycles. The topological polar surface area (TPSA) is 102 Å². The van der Waals surface area contributed by atoms with E-state index in [-0.39, 0.29) is 5.91 Å². The molecule has 1 atom stereocenters. The first kappa shape index (κ1) is 16.0. The van der Waals surface area contributed by atoms with Gasteiger partial charge < -0.3 is 20.9 Å². The third-order valence-corrected chi connectivity index (χ3v) is 2.53. The summed E-state index contributed by atoms with van der Waals surface area (Å²) in [6.45, 7) is 3.56. The standard InChI is InChI=1S/C14H20N2O4/c1-9(2)6-12(15)14(19)16-10-4-3-5-11(7-10)20-8-13(17)18/h3-5,7,9,12H,6,8,15H2,1-2H3,(H,16,19)(H,17,18)/t12-/m1/s1. The van der Waals surface area contributed by atoms with Crippen LogP contribution in [0.3, 0.4) is 0 Å². The number of rotatable bonds is 7. The molecule has 1 amide bonds. The van der Waals surface area contributed by atoms with Crippen molar-refractivity contribution in [3.8, 4) is 5.75 Å². The van der Waals surface area contributed by atoms with Crippen molar-refractivity contribution in [3.63, 3.8) is 0 Å². The summed E-state index contributed by atoms with van der Waals surface area (Å²) >= 11 is 0. The average Bonchev–Trinajstić information content (AvgIpc) is 2.36. The van der Waals surface area contributed by atoms with Gasteiger partial charge in [0.1, 0.15) is 5.75 Å². The minimum absolute atomic E-state index is 0.269. The normalized spacial score (nSPS) is 12.0. The van der Waals surface area contributed by atoms with Crippen LogP contribution in [0, 0.1) is 5.92 Å². The van der Waals surface area contributed by atoms with Crippen LogP contribution in [0.5, 0.6) is 5.75 Å². The van der Waals surface area contributed by atoms with Crippen molar-refractivity contribution in [1.82, 2.24) is 0 Å². The van der Waals surface area contributed by atoms with Crippen molar-refractivity contribution in [2.75, 3.05) is 11.9 Å². The van der Waals surface area contributed by atoms with E-state index in [2.05, 4.69) is 5.32 Å². The summed E-state index contributed by atoms with van der Waals surface area (Å²) in [6.07, 6.45) is 0.598. The first-order valence-corrected chi connectivity index (χ1v) is 6.39. The van der Waals surface area contributed by atoms with Gasteiger partial charge in [-0.05, 0) is 24.5 Å². The Bertz CT molecular complexity index is 474. The molecule has 0 aromatic heterocycles. The highest BCUT2D eigenvalue weighted by Gasteiger charge is 2.15. The Kier molecular flexibility index (Phi) is 5.99. The van der Waals surface area contributed by atoms with Crippen LogP contribution in [0.15, 0.2) is 24.3 Å². The fourth-order valence-electron chi connectivity index (χ4n) is 1.66. The van der Waals surface area contributed by atoms with Crippen LogP contribution in [-0.4, -0.2) is 29.6 Å². The van der Waals surface area contributed by atoms with Crippen LogP contribution in [-0.2, 0) is 9.59 Å². The van der Waals surface area contributed by atoms with Crippen LogP contribution < -0.4 is 15.8 Å². The molecule has 110 valence electrons. The van der Waals surface area contributed by atoms with Crippen LogP contribution in [0.4, 0.5) is 5.69 Å². The number of aliphatic carboxylic acids is 1. The number of hydrogen-bond acceptors (Lipinski definition) is 4. The highest BCUT2D eigenvalue weighted by molar-refractivity contribution is 5.94. The summed E-state index contributed by atoms with van der Waals surface area (Å²) in [5.41, 5.74) is 6.31. The number of benzene rings is 1. The Balaban J connectivity index is 2.61. The first-order valence-electron chi connectivity index (χ1n) is 6.39. The van der Waals surface area contributed by atoms with Gasteiger partial charge in [0.25, 0.3) is 0 Å². The van der Waals surface area contributed by atoms with Gasteiger partial charge in [-0.3, -0.25) is 4.79 Å². The highest BCUT2D eigenvalue weighted by Crippen LogP contribution is 2.17. The van der Waals surface area contributed by atoms with Crippen LogP contribution in [0.2, 0.25) is 0 Å². The van der Waals surface area contributed by atoms with Gasteiger partial charge in [0.2, 0.25) is 5.91 Å². The summed E-state index contributed by atoms with van der Waals surface area (Å²) in [6, 6.07) is 5.96. The van der Waals surface area contributed by atoms with E-state index >= 15 is 0 Å². The average molecular weight is 280 g/mol. The Hall–Kier alpha value is -2.08. The van der Waals surface area contributed by atoms with E-state index in [1.807, 2.05) is 13.8 Å². The number of anilines is 1. The third kappa shape index (κ3) is 5.71. The molecule has 6 nitrogen and oxygen atoms in total. The minimum Gasteiger partial charge on any atom is -0.482 e. The van der Waals surface area contributed by atoms with E-state index in [1.54, 1.807) is 24.3 Å². The van der Waals surface area contributed by atoms with Crippen molar-refractivity contribution in [3.05, 3.63) is 24.3 Å². The van der Waals surface area contributed by atoms with Gasteiger partial charge in [-0.25, -0.2) is 4.79 Å². The fourth-order valence-corrected chi connectivity index (χ4v) is 1.66. The number of nitrogens with two attached hydrogens (primary N) is 1. The molecule has 0 fully saturated rings. The summed E-state index contributed by atoms with van der Waals surface area (Å²) in [5, 5.41) is 11.2. The van der Waals surface area contributed by atoms with Crippen molar-refractivity contribution in [2.24, 2.45) is 11.7 Å². The number of carboxylic acids is 1. The molecule has 0 saturated carbocycles. The second kappa shape index (κ2) is 7.49. The molecule has 0 aliphatic rings. The van der Waals surface area contributed by atoms with Crippen molar-refractivity contribution in [1.29, 1.82) is 0 Å². The Morgan fingerprint density at radius 2 is 2.10 bits per heavy atom. The van der Waals surface area contributed by atoms with Gasteiger partial charge in [0.05, 0.1) is 6.04 Å². The Morgan fingerprint density at radius 1 is 1.40 bits per heavy atom. The minimum atomic E-state index is -1.06. The summed E-state index contributed by atoms with van der Waals surface area (Å²) in [5.74, 6) is -0.615. The lowest BCUT2D eigenvalue weighted by Crippen LogP contribution is -2.36. The molecule has 0 aliphatic heterocycles. The lowest BCUT2D eigenvalue weighted by Gasteiger charge is -2.14. The Morgan fingerprint density at radius 3 is 2.70 bits per heavy atom. The number of carbonyl (C=O) groups excluding carboxylic acids is 1. The molecule has 0 aliphatic carbocycles. The van der Waals surface area contributed by atoms with E-state index in [9.17, 15) is 9.59 Å². The SMILES string of the molecule is CC(C)C[C@@H](N)C(=O)Nc1cccc(OCC(=O)O)c1. The molecule has 0 spiro atoms. The zero-order chi connectivity index (χ0) is 15.1. The van der Waals surface area contributed by atoms with Gasteiger partial charge >= 0.3 is 5.97 Å². The van der Waals surface area contributed by atoms with Crippen molar-refractivity contribution < 1.29 is 19.4 Å². The number of amides is 1. The quantitative estimate of drug-likeness (QED) is 0.702. The monoisotopic (exact) mass is 280 g/mol. The van der Waals surface area contributed by atoms with Gasteiger partial charge in [0.15, 0.2) is 6.61 Å². The van der Waals surface area contributed by atoms with Gasteiger partial charge in [-0.1, -0.05) is 19.9 Å². The number of hydrogen-bond donors (Lipinski definition) is 3. The molecule has 20 heavy (non-hydrogen) atoms. The molecule has 0 heterocycles. The molecule has 6 heteroatoms. The Labute approximate surface area is 117 Å². The highest BCUT2D eigenvalue weighted by atomic mass is 16.5. The maximum Gasteiger partial charge on any atom is 0.341 e. The van der Waals surface area contributed by atoms with E-state index in [1.165, 1.54) is 0 Å². The zero-order valence-electron chi connectivity index (χ0n) is 11.6. The van der Waals surface area contributed by atoms with E-state index in [4.69, 9.17) is 15.6 Å². The van der Waals surface area contributed by atoms with E-state index in [0.29, 0.717) is 23.8 Å². The predicted octanol–water partition coefficient (Wildman–Crippen LogP) is 1.46. The third-order valence-electron chi connectivity index (χ3n) is 2.53. The van der Waals surface area contributed by atoms with E-state index in [0.717, 1.165) is 0 Å². The summed E-state index contributed by atoms with van der Waals surface area (Å²) in [7, 11) is 0. The molecule has 0 bridgehead atoms. The van der Waals surface area contributed by atoms with E-state index < -0.39 is 18.6 Å². The number of ether oxygens (including phenoxy) is 1. The molecule has 4 N–H and O–H groups in total. The first-order chi connectivity index (χ1) is 9.38. The second-order valence-electron chi connectivity index (χ2n) is 4.94. The molecule has 1 rings (SSSR count). The van der Waals surface area contributed by atoms with Crippen LogP contribution >= 0.6 is 0 Å². The number of nitrogens with one attached hydrogen (secondary N) is 1. The second-order valence-corrected chi connectivity index (χ2v) is 4.94. The number of carboxylic acid groups (broad SMARTS) is 1. The lowest BCUT2D eigenvalue weighted by molar-refractivity contribution is -0.139. The fraction of sp³-hybridized carbons (Fsp3) is 0.429. The van der Waals surface area contributed by atoms with Gasteiger partial charge in [-0.15, -0.1) is 0 Å². The number of carbonyl (C=O) groups is 2. The maximum absolute atomic E-state index is 11.9. The van der Waals surface area contributed by atoms with Crippen LogP contribution in [0.1, 0.15) is 20.3 Å². The zero-order valence-corrected chi connectivity index (χ0v) is 11.6.